The monoisotopic (exact) mass is 522 g/mol. The lowest BCUT2D eigenvalue weighted by atomic mass is 10.1. The van der Waals surface area contributed by atoms with E-state index in [-0.39, 0.29) is 22.8 Å². The van der Waals surface area contributed by atoms with Gasteiger partial charge in [0.1, 0.15) is 0 Å². The maximum absolute atomic E-state index is 12.5. The zero-order valence-electron chi connectivity index (χ0n) is 19.8. The van der Waals surface area contributed by atoms with Crippen molar-refractivity contribution in [3.8, 4) is 11.4 Å². The Morgan fingerprint density at radius 1 is 1.06 bits per heavy atom. The summed E-state index contributed by atoms with van der Waals surface area (Å²) in [4.78, 5) is 33.4. The summed E-state index contributed by atoms with van der Waals surface area (Å²) in [5.41, 5.74) is 3.01. The summed E-state index contributed by atoms with van der Waals surface area (Å²) >= 11 is 1.50. The van der Waals surface area contributed by atoms with Gasteiger partial charge in [0.15, 0.2) is 15.6 Å². The number of pyridine rings is 1. The highest BCUT2D eigenvalue weighted by molar-refractivity contribution is 7.91. The Morgan fingerprint density at radius 2 is 1.86 bits per heavy atom. The Balaban J connectivity index is 1.44. The molecule has 0 N–H and O–H groups in total. The van der Waals surface area contributed by atoms with Crippen LogP contribution in [0.5, 0.6) is 0 Å². The fourth-order valence-electron chi connectivity index (χ4n) is 4.30. The summed E-state index contributed by atoms with van der Waals surface area (Å²) in [5.74, 6) is 0.276. The molecule has 0 bridgehead atoms. The smallest absolute Gasteiger partial charge is 0.255 e. The van der Waals surface area contributed by atoms with Crippen molar-refractivity contribution in [1.82, 2.24) is 14.1 Å². The van der Waals surface area contributed by atoms with Crippen LogP contribution in [0.1, 0.15) is 26.7 Å². The molecule has 10 heteroatoms. The molecule has 0 spiro atoms. The van der Waals surface area contributed by atoms with E-state index < -0.39 is 9.84 Å². The highest BCUT2D eigenvalue weighted by Gasteiger charge is 2.24. The summed E-state index contributed by atoms with van der Waals surface area (Å²) in [5, 5.41) is 0. The molecule has 0 unspecified atom stereocenters. The van der Waals surface area contributed by atoms with E-state index in [1.54, 1.807) is 29.2 Å². The third-order valence-corrected chi connectivity index (χ3v) is 8.93. The van der Waals surface area contributed by atoms with Crippen molar-refractivity contribution in [2.24, 2.45) is 0 Å². The van der Waals surface area contributed by atoms with Gasteiger partial charge in [-0.05, 0) is 49.7 Å². The van der Waals surface area contributed by atoms with Crippen LogP contribution in [0.15, 0.2) is 72.0 Å². The number of Topliss-reactive ketones (excluding diaryl/α,β-unsaturated/α-hetero) is 1. The fraction of sp³-hybridized carbons (Fsp3) is 0.269. The van der Waals surface area contributed by atoms with Crippen molar-refractivity contribution >= 4 is 32.6 Å². The molecule has 36 heavy (non-hydrogen) atoms. The number of ketones is 1. The predicted octanol–water partition coefficient (Wildman–Crippen LogP) is 3.44. The number of nitrogens with zero attached hydrogens (tertiary/aromatic N) is 4. The zero-order chi connectivity index (χ0) is 25.3. The molecule has 0 atom stereocenters. The summed E-state index contributed by atoms with van der Waals surface area (Å²) in [7, 11) is -3.05. The van der Waals surface area contributed by atoms with Gasteiger partial charge in [0.25, 0.3) is 5.56 Å². The van der Waals surface area contributed by atoms with Gasteiger partial charge in [0.05, 0.1) is 45.5 Å². The van der Waals surface area contributed by atoms with Crippen molar-refractivity contribution in [3.63, 3.8) is 0 Å². The minimum Gasteiger partial charge on any atom is -0.368 e. The van der Waals surface area contributed by atoms with Crippen LogP contribution in [0, 0.1) is 6.92 Å². The second kappa shape index (κ2) is 9.87. The molecule has 1 aromatic carbocycles. The number of benzene rings is 1. The van der Waals surface area contributed by atoms with Crippen LogP contribution < -0.4 is 10.5 Å². The molecule has 4 heterocycles. The van der Waals surface area contributed by atoms with Crippen molar-refractivity contribution in [2.75, 3.05) is 29.5 Å². The molecule has 8 nitrogen and oxygen atoms in total. The first-order chi connectivity index (χ1) is 17.3. The highest BCUT2D eigenvalue weighted by atomic mass is 32.2. The number of hydrogen-bond donors (Lipinski definition) is 0. The van der Waals surface area contributed by atoms with Crippen molar-refractivity contribution in [1.29, 1.82) is 0 Å². The fourth-order valence-corrected chi connectivity index (χ4v) is 6.34. The van der Waals surface area contributed by atoms with Crippen molar-refractivity contribution in [3.05, 3.63) is 93.1 Å². The van der Waals surface area contributed by atoms with E-state index in [0.717, 1.165) is 26.8 Å². The van der Waals surface area contributed by atoms with Gasteiger partial charge in [-0.15, -0.1) is 11.3 Å². The van der Waals surface area contributed by atoms with Crippen molar-refractivity contribution < 1.29 is 13.2 Å². The summed E-state index contributed by atoms with van der Waals surface area (Å²) in [6.45, 7) is 2.73. The number of imidazole rings is 1. The topological polar surface area (TPSA) is 94.3 Å². The van der Waals surface area contributed by atoms with Crippen LogP contribution >= 0.6 is 11.3 Å². The SMILES string of the molecule is Cc1ccc(C(=O)CCc2cn(-c3ccc(-n4ccccc4=O)cc3N3CCS(=O)(=O)CC3)cn2)s1. The van der Waals surface area contributed by atoms with Gasteiger partial charge >= 0.3 is 0 Å². The number of carbonyl (C=O) groups is 1. The average Bonchev–Trinajstić information content (AvgIpc) is 3.52. The summed E-state index contributed by atoms with van der Waals surface area (Å²) < 4.78 is 27.5. The van der Waals surface area contributed by atoms with Crippen LogP contribution in [0.25, 0.3) is 11.4 Å². The predicted molar refractivity (Wildman–Crippen MR) is 142 cm³/mol. The van der Waals surface area contributed by atoms with Gasteiger partial charge in [-0.2, -0.15) is 0 Å². The Morgan fingerprint density at radius 3 is 2.58 bits per heavy atom. The molecular formula is C26H26N4O4S2. The average molecular weight is 523 g/mol. The minimum absolute atomic E-state index is 0.0848. The highest BCUT2D eigenvalue weighted by Crippen LogP contribution is 2.29. The first-order valence-corrected chi connectivity index (χ1v) is 14.3. The molecule has 0 amide bonds. The molecule has 1 aliphatic heterocycles. The molecule has 0 aliphatic carbocycles. The van der Waals surface area contributed by atoms with Crippen LogP contribution in [-0.4, -0.2) is 52.9 Å². The number of carbonyl (C=O) groups excluding carboxylic acids is 1. The maximum atomic E-state index is 12.5. The first-order valence-electron chi connectivity index (χ1n) is 11.7. The number of rotatable bonds is 7. The lowest BCUT2D eigenvalue weighted by molar-refractivity contribution is 0.0986. The van der Waals surface area contributed by atoms with E-state index in [0.29, 0.717) is 31.6 Å². The van der Waals surface area contributed by atoms with Crippen LogP contribution in [0.4, 0.5) is 5.69 Å². The lowest BCUT2D eigenvalue weighted by Crippen LogP contribution is -2.40. The molecular weight excluding hydrogens is 496 g/mol. The summed E-state index contributed by atoms with van der Waals surface area (Å²) in [6.07, 6.45) is 6.23. The molecule has 4 aromatic rings. The molecule has 0 radical (unpaired) electrons. The molecule has 5 rings (SSSR count). The normalized spacial score (nSPS) is 15.2. The largest absolute Gasteiger partial charge is 0.368 e. The van der Waals surface area contributed by atoms with E-state index in [2.05, 4.69) is 4.98 Å². The van der Waals surface area contributed by atoms with E-state index in [4.69, 9.17) is 0 Å². The molecule has 1 fully saturated rings. The number of aryl methyl sites for hydroxylation is 2. The summed E-state index contributed by atoms with van der Waals surface area (Å²) in [6, 6.07) is 14.5. The number of anilines is 1. The third-order valence-electron chi connectivity index (χ3n) is 6.28. The van der Waals surface area contributed by atoms with E-state index >= 15 is 0 Å². The Kier molecular flexibility index (Phi) is 6.63. The number of thiophene rings is 1. The Labute approximate surface area is 213 Å². The number of aromatic nitrogens is 3. The molecule has 0 saturated carbocycles. The van der Waals surface area contributed by atoms with Gasteiger partial charge in [0, 0.05) is 42.8 Å². The van der Waals surface area contributed by atoms with Gasteiger partial charge in [-0.3, -0.25) is 14.2 Å². The number of hydrogen-bond acceptors (Lipinski definition) is 7. The molecule has 186 valence electrons. The van der Waals surface area contributed by atoms with Gasteiger partial charge < -0.3 is 9.47 Å². The zero-order valence-corrected chi connectivity index (χ0v) is 21.5. The van der Waals surface area contributed by atoms with E-state index in [1.165, 1.54) is 17.4 Å². The minimum atomic E-state index is -3.05. The standard InChI is InChI=1S/C26H26N4O4S2/c1-19-5-10-25(35-19)24(31)9-6-20-17-29(18-27-20)22-8-7-21(30-11-3-2-4-26(30)32)16-23(22)28-12-14-36(33,34)15-13-28/h2-5,7-8,10-11,16-18H,6,9,12-15H2,1H3. The van der Waals surface area contributed by atoms with Crippen LogP contribution in [0.3, 0.4) is 0 Å². The van der Waals surface area contributed by atoms with Gasteiger partial charge in [-0.1, -0.05) is 6.07 Å². The van der Waals surface area contributed by atoms with E-state index in [9.17, 15) is 18.0 Å². The van der Waals surface area contributed by atoms with Gasteiger partial charge in [-0.25, -0.2) is 13.4 Å². The van der Waals surface area contributed by atoms with E-state index in [1.807, 2.05) is 52.9 Å². The Hall–Kier alpha value is -3.50. The third kappa shape index (κ3) is 5.19. The van der Waals surface area contributed by atoms with Crippen LogP contribution in [0.2, 0.25) is 0 Å². The molecule has 3 aromatic heterocycles. The van der Waals surface area contributed by atoms with Crippen molar-refractivity contribution in [2.45, 2.75) is 19.8 Å². The second-order valence-corrected chi connectivity index (χ2v) is 12.4. The lowest BCUT2D eigenvalue weighted by Gasteiger charge is -2.31. The Bertz CT molecular complexity index is 1570. The second-order valence-electron chi connectivity index (χ2n) is 8.83. The quantitative estimate of drug-likeness (QED) is 0.345. The van der Waals surface area contributed by atoms with Crippen LogP contribution in [-0.2, 0) is 16.3 Å². The first kappa shape index (κ1) is 24.2. The maximum Gasteiger partial charge on any atom is 0.255 e. The number of sulfone groups is 1. The molecule has 1 aliphatic rings. The van der Waals surface area contributed by atoms with Gasteiger partial charge in [0.2, 0.25) is 0 Å². The molecule has 1 saturated heterocycles.